The summed E-state index contributed by atoms with van der Waals surface area (Å²) in [7, 11) is 1.58. The maximum absolute atomic E-state index is 11.9. The SMILES string of the molecule is CCCNCC(=O)Nc1cccc(C(=O)NCCOC)c1. The molecule has 0 aliphatic carbocycles. The van der Waals surface area contributed by atoms with Crippen LogP contribution in [0.15, 0.2) is 24.3 Å². The summed E-state index contributed by atoms with van der Waals surface area (Å²) in [4.78, 5) is 23.6. The molecule has 116 valence electrons. The van der Waals surface area contributed by atoms with Crippen molar-refractivity contribution in [3.8, 4) is 0 Å². The molecule has 0 aromatic heterocycles. The molecule has 0 saturated carbocycles. The maximum atomic E-state index is 11.9. The molecular formula is C15H23N3O3. The third kappa shape index (κ3) is 6.87. The van der Waals surface area contributed by atoms with Crippen molar-refractivity contribution in [3.63, 3.8) is 0 Å². The van der Waals surface area contributed by atoms with Crippen molar-refractivity contribution in [1.82, 2.24) is 10.6 Å². The highest BCUT2D eigenvalue weighted by atomic mass is 16.5. The van der Waals surface area contributed by atoms with Gasteiger partial charge in [-0.25, -0.2) is 0 Å². The fourth-order valence-electron chi connectivity index (χ4n) is 1.69. The topological polar surface area (TPSA) is 79.5 Å². The summed E-state index contributed by atoms with van der Waals surface area (Å²) >= 11 is 0. The van der Waals surface area contributed by atoms with Crippen molar-refractivity contribution in [2.24, 2.45) is 0 Å². The second kappa shape index (κ2) is 9.90. The molecule has 0 bridgehead atoms. The number of methoxy groups -OCH3 is 1. The standard InChI is InChI=1S/C15H23N3O3/c1-3-7-16-11-14(19)18-13-6-4-5-12(10-13)15(20)17-8-9-21-2/h4-6,10,16H,3,7-9,11H2,1-2H3,(H,17,20)(H,18,19). The molecule has 6 nitrogen and oxygen atoms in total. The highest BCUT2D eigenvalue weighted by Crippen LogP contribution is 2.10. The van der Waals surface area contributed by atoms with Gasteiger partial charge < -0.3 is 20.7 Å². The first-order chi connectivity index (χ1) is 10.2. The van der Waals surface area contributed by atoms with Crippen LogP contribution in [0.4, 0.5) is 5.69 Å². The first-order valence-corrected chi connectivity index (χ1v) is 7.05. The fraction of sp³-hybridized carbons (Fsp3) is 0.467. The predicted octanol–water partition coefficient (Wildman–Crippen LogP) is 1.00. The Morgan fingerprint density at radius 1 is 1.24 bits per heavy atom. The summed E-state index contributed by atoms with van der Waals surface area (Å²) < 4.78 is 4.87. The minimum Gasteiger partial charge on any atom is -0.383 e. The second-order valence-corrected chi connectivity index (χ2v) is 4.55. The Labute approximate surface area is 125 Å². The largest absolute Gasteiger partial charge is 0.383 e. The average molecular weight is 293 g/mol. The minimum atomic E-state index is -0.188. The quantitative estimate of drug-likeness (QED) is 0.594. The number of ether oxygens (including phenoxy) is 1. The van der Waals surface area contributed by atoms with E-state index in [9.17, 15) is 9.59 Å². The molecule has 0 aliphatic rings. The van der Waals surface area contributed by atoms with Crippen molar-refractivity contribution in [1.29, 1.82) is 0 Å². The van der Waals surface area contributed by atoms with Crippen molar-refractivity contribution in [3.05, 3.63) is 29.8 Å². The Bertz CT molecular complexity index is 463. The van der Waals surface area contributed by atoms with Crippen LogP contribution in [-0.4, -0.2) is 45.2 Å². The zero-order chi connectivity index (χ0) is 15.5. The van der Waals surface area contributed by atoms with E-state index in [1.54, 1.807) is 31.4 Å². The van der Waals surface area contributed by atoms with Crippen LogP contribution in [-0.2, 0) is 9.53 Å². The molecule has 1 rings (SSSR count). The van der Waals surface area contributed by atoms with Gasteiger partial charge in [-0.3, -0.25) is 9.59 Å². The molecule has 21 heavy (non-hydrogen) atoms. The van der Waals surface area contributed by atoms with Crippen molar-refractivity contribution >= 4 is 17.5 Å². The molecule has 6 heteroatoms. The summed E-state index contributed by atoms with van der Waals surface area (Å²) in [6.07, 6.45) is 0.977. The number of hydrogen-bond donors (Lipinski definition) is 3. The van der Waals surface area contributed by atoms with E-state index in [-0.39, 0.29) is 18.4 Å². The molecule has 0 saturated heterocycles. The van der Waals surface area contributed by atoms with Gasteiger partial charge in [0.1, 0.15) is 0 Å². The van der Waals surface area contributed by atoms with Gasteiger partial charge in [-0.2, -0.15) is 0 Å². The van der Waals surface area contributed by atoms with E-state index in [1.807, 2.05) is 6.92 Å². The Balaban J connectivity index is 2.51. The monoisotopic (exact) mass is 293 g/mol. The molecule has 1 aromatic carbocycles. The Kier molecular flexibility index (Phi) is 8.08. The van der Waals surface area contributed by atoms with Crippen molar-refractivity contribution < 1.29 is 14.3 Å². The number of amides is 2. The lowest BCUT2D eigenvalue weighted by Crippen LogP contribution is -2.29. The summed E-state index contributed by atoms with van der Waals surface area (Å²) in [5.74, 6) is -0.312. The first-order valence-electron chi connectivity index (χ1n) is 7.05. The number of rotatable bonds is 9. The molecule has 0 atom stereocenters. The number of carbonyl (C=O) groups excluding carboxylic acids is 2. The van der Waals surface area contributed by atoms with E-state index >= 15 is 0 Å². The van der Waals surface area contributed by atoms with Gasteiger partial charge in [-0.05, 0) is 31.2 Å². The highest BCUT2D eigenvalue weighted by molar-refractivity contribution is 5.97. The van der Waals surface area contributed by atoms with Crippen LogP contribution >= 0.6 is 0 Å². The minimum absolute atomic E-state index is 0.125. The number of hydrogen-bond acceptors (Lipinski definition) is 4. The van der Waals surface area contributed by atoms with Gasteiger partial charge in [-0.15, -0.1) is 0 Å². The summed E-state index contributed by atoms with van der Waals surface area (Å²) in [6.45, 7) is 4.02. The molecule has 0 radical (unpaired) electrons. The van der Waals surface area contributed by atoms with Gasteiger partial charge >= 0.3 is 0 Å². The van der Waals surface area contributed by atoms with E-state index < -0.39 is 0 Å². The number of anilines is 1. The van der Waals surface area contributed by atoms with Crippen LogP contribution < -0.4 is 16.0 Å². The van der Waals surface area contributed by atoms with Crippen molar-refractivity contribution in [2.45, 2.75) is 13.3 Å². The third-order valence-electron chi connectivity index (χ3n) is 2.71. The fourth-order valence-corrected chi connectivity index (χ4v) is 1.69. The molecule has 1 aromatic rings. The van der Waals surface area contributed by atoms with Crippen LogP contribution in [0.25, 0.3) is 0 Å². The van der Waals surface area contributed by atoms with Crippen LogP contribution in [0.3, 0.4) is 0 Å². The Hall–Kier alpha value is -1.92. The summed E-state index contributed by atoms with van der Waals surface area (Å²) in [5.41, 5.74) is 1.11. The van der Waals surface area contributed by atoms with Gasteiger partial charge in [0.05, 0.1) is 13.2 Å². The van der Waals surface area contributed by atoms with Gasteiger partial charge in [0.25, 0.3) is 5.91 Å². The van der Waals surface area contributed by atoms with Gasteiger partial charge in [0, 0.05) is 24.9 Å². The molecule has 0 fully saturated rings. The van der Waals surface area contributed by atoms with Gasteiger partial charge in [-0.1, -0.05) is 13.0 Å². The lowest BCUT2D eigenvalue weighted by molar-refractivity contribution is -0.115. The normalized spacial score (nSPS) is 10.2. The first kappa shape index (κ1) is 17.1. The molecular weight excluding hydrogens is 270 g/mol. The lowest BCUT2D eigenvalue weighted by atomic mass is 10.2. The van der Waals surface area contributed by atoms with E-state index in [4.69, 9.17) is 4.74 Å². The summed E-state index contributed by atoms with van der Waals surface area (Å²) in [5, 5.41) is 8.51. The molecule has 2 amide bonds. The van der Waals surface area contributed by atoms with Crippen LogP contribution in [0.2, 0.25) is 0 Å². The predicted molar refractivity (Wildman–Crippen MR) is 82.4 cm³/mol. The molecule has 0 aliphatic heterocycles. The van der Waals surface area contributed by atoms with E-state index in [2.05, 4.69) is 16.0 Å². The van der Waals surface area contributed by atoms with Gasteiger partial charge in [0.2, 0.25) is 5.91 Å². The average Bonchev–Trinajstić information content (AvgIpc) is 2.48. The Morgan fingerprint density at radius 3 is 2.76 bits per heavy atom. The smallest absolute Gasteiger partial charge is 0.251 e. The molecule has 3 N–H and O–H groups in total. The van der Waals surface area contributed by atoms with E-state index in [0.717, 1.165) is 13.0 Å². The third-order valence-corrected chi connectivity index (χ3v) is 2.71. The molecule has 0 spiro atoms. The zero-order valence-corrected chi connectivity index (χ0v) is 12.6. The number of nitrogens with one attached hydrogen (secondary N) is 3. The Morgan fingerprint density at radius 2 is 2.05 bits per heavy atom. The number of benzene rings is 1. The maximum Gasteiger partial charge on any atom is 0.251 e. The highest BCUT2D eigenvalue weighted by Gasteiger charge is 2.07. The molecule has 0 unspecified atom stereocenters. The van der Waals surface area contributed by atoms with E-state index in [1.165, 1.54) is 0 Å². The van der Waals surface area contributed by atoms with Crippen LogP contribution in [0, 0.1) is 0 Å². The molecule has 0 heterocycles. The van der Waals surface area contributed by atoms with Crippen LogP contribution in [0.1, 0.15) is 23.7 Å². The zero-order valence-electron chi connectivity index (χ0n) is 12.6. The summed E-state index contributed by atoms with van der Waals surface area (Å²) in [6, 6.07) is 6.84. The number of carbonyl (C=O) groups is 2. The van der Waals surface area contributed by atoms with Gasteiger partial charge in [0.15, 0.2) is 0 Å². The lowest BCUT2D eigenvalue weighted by Gasteiger charge is -2.08. The van der Waals surface area contributed by atoms with E-state index in [0.29, 0.717) is 24.4 Å². The second-order valence-electron chi connectivity index (χ2n) is 4.55. The van der Waals surface area contributed by atoms with Crippen LogP contribution in [0.5, 0.6) is 0 Å². The van der Waals surface area contributed by atoms with Crippen molar-refractivity contribution in [2.75, 3.05) is 38.7 Å².